The van der Waals surface area contributed by atoms with Crippen molar-refractivity contribution in [1.82, 2.24) is 10.3 Å². The standard InChI is InChI=1S/C24H30N2O/c1-16-10-11-17(2)24(18(16)3)27-14-6-7-19-15-25-13-12-22-23(19)20-8-4-5-9-21(20)26-22/h4-5,8-11,19,25-26H,6-7,12-15H2,1-3H3. The molecule has 2 N–H and O–H groups in total. The van der Waals surface area contributed by atoms with E-state index in [0.717, 1.165) is 44.7 Å². The van der Waals surface area contributed by atoms with Gasteiger partial charge in [-0.3, -0.25) is 0 Å². The second-order valence-corrected chi connectivity index (χ2v) is 7.86. The van der Waals surface area contributed by atoms with Gasteiger partial charge in [0.2, 0.25) is 0 Å². The van der Waals surface area contributed by atoms with Crippen LogP contribution in [0, 0.1) is 20.8 Å². The highest BCUT2D eigenvalue weighted by atomic mass is 16.5. The van der Waals surface area contributed by atoms with Gasteiger partial charge in [-0.05, 0) is 67.9 Å². The van der Waals surface area contributed by atoms with Gasteiger partial charge in [0.25, 0.3) is 0 Å². The summed E-state index contributed by atoms with van der Waals surface area (Å²) in [5.74, 6) is 1.61. The average molecular weight is 363 g/mol. The molecule has 0 bridgehead atoms. The summed E-state index contributed by atoms with van der Waals surface area (Å²) in [4.78, 5) is 3.65. The summed E-state index contributed by atoms with van der Waals surface area (Å²) in [5, 5.41) is 5.01. The third-order valence-corrected chi connectivity index (χ3v) is 6.00. The molecule has 142 valence electrons. The summed E-state index contributed by atoms with van der Waals surface area (Å²) in [5.41, 5.74) is 8.01. The number of para-hydroxylation sites is 1. The maximum atomic E-state index is 6.20. The Labute approximate surface area is 162 Å². The Kier molecular flexibility index (Phi) is 5.22. The highest BCUT2D eigenvalue weighted by Crippen LogP contribution is 2.34. The molecule has 0 fully saturated rings. The van der Waals surface area contributed by atoms with Crippen LogP contribution >= 0.6 is 0 Å². The minimum absolute atomic E-state index is 0.543. The van der Waals surface area contributed by atoms with Crippen LogP contribution < -0.4 is 10.1 Å². The molecule has 27 heavy (non-hydrogen) atoms. The predicted molar refractivity (Wildman–Crippen MR) is 113 cm³/mol. The summed E-state index contributed by atoms with van der Waals surface area (Å²) >= 11 is 0. The molecular weight excluding hydrogens is 332 g/mol. The van der Waals surface area contributed by atoms with E-state index in [2.05, 4.69) is 67.5 Å². The van der Waals surface area contributed by atoms with Crippen molar-refractivity contribution in [2.75, 3.05) is 19.7 Å². The topological polar surface area (TPSA) is 37.0 Å². The molecule has 0 saturated heterocycles. The van der Waals surface area contributed by atoms with Crippen LogP contribution in [0.4, 0.5) is 0 Å². The van der Waals surface area contributed by atoms with E-state index in [4.69, 9.17) is 4.74 Å². The van der Waals surface area contributed by atoms with Crippen molar-refractivity contribution in [3.63, 3.8) is 0 Å². The third kappa shape index (κ3) is 3.61. The normalized spacial score (nSPS) is 16.9. The van der Waals surface area contributed by atoms with Gasteiger partial charge in [0.1, 0.15) is 5.75 Å². The fraction of sp³-hybridized carbons (Fsp3) is 0.417. The summed E-state index contributed by atoms with van der Waals surface area (Å²) < 4.78 is 6.20. The molecule has 2 aromatic carbocycles. The maximum Gasteiger partial charge on any atom is 0.125 e. The first kappa shape index (κ1) is 18.1. The number of nitrogens with one attached hydrogen (secondary N) is 2. The molecule has 1 aliphatic rings. The zero-order chi connectivity index (χ0) is 18.8. The van der Waals surface area contributed by atoms with Crippen molar-refractivity contribution in [3.05, 3.63) is 64.3 Å². The molecule has 1 unspecified atom stereocenters. The van der Waals surface area contributed by atoms with Crippen LogP contribution in [0.2, 0.25) is 0 Å². The van der Waals surface area contributed by atoms with Gasteiger partial charge in [0.05, 0.1) is 6.61 Å². The number of hydrogen-bond acceptors (Lipinski definition) is 2. The molecule has 3 nitrogen and oxygen atoms in total. The predicted octanol–water partition coefficient (Wildman–Crippen LogP) is 5.18. The molecule has 1 atom stereocenters. The largest absolute Gasteiger partial charge is 0.493 e. The number of aryl methyl sites for hydroxylation is 2. The van der Waals surface area contributed by atoms with Gasteiger partial charge >= 0.3 is 0 Å². The molecule has 4 rings (SSSR count). The van der Waals surface area contributed by atoms with E-state index in [9.17, 15) is 0 Å². The van der Waals surface area contributed by atoms with E-state index in [-0.39, 0.29) is 0 Å². The van der Waals surface area contributed by atoms with Crippen molar-refractivity contribution < 1.29 is 4.74 Å². The molecule has 2 heterocycles. The fourth-order valence-electron chi connectivity index (χ4n) is 4.37. The summed E-state index contributed by atoms with van der Waals surface area (Å²) in [6.07, 6.45) is 3.29. The molecule has 0 amide bonds. The number of H-pyrrole nitrogens is 1. The maximum absolute atomic E-state index is 6.20. The molecule has 3 aromatic rings. The number of rotatable bonds is 5. The average Bonchev–Trinajstić information content (AvgIpc) is 2.92. The Morgan fingerprint density at radius 2 is 1.85 bits per heavy atom. The van der Waals surface area contributed by atoms with E-state index in [0.29, 0.717) is 5.92 Å². The third-order valence-electron chi connectivity index (χ3n) is 6.00. The smallest absolute Gasteiger partial charge is 0.125 e. The van der Waals surface area contributed by atoms with Crippen LogP contribution in [0.3, 0.4) is 0 Å². The molecule has 3 heteroatoms. The summed E-state index contributed by atoms with van der Waals surface area (Å²) in [7, 11) is 0. The van der Waals surface area contributed by atoms with Crippen molar-refractivity contribution in [3.8, 4) is 5.75 Å². The first-order valence-corrected chi connectivity index (χ1v) is 10.1. The van der Waals surface area contributed by atoms with Crippen molar-refractivity contribution >= 4 is 10.9 Å². The van der Waals surface area contributed by atoms with Crippen LogP contribution in [0.1, 0.15) is 46.7 Å². The van der Waals surface area contributed by atoms with Gasteiger partial charge in [0.15, 0.2) is 0 Å². The molecule has 1 aliphatic heterocycles. The first-order chi connectivity index (χ1) is 13.1. The van der Waals surface area contributed by atoms with E-state index in [1.807, 2.05) is 0 Å². The van der Waals surface area contributed by atoms with E-state index in [1.165, 1.54) is 38.9 Å². The Morgan fingerprint density at radius 1 is 1.04 bits per heavy atom. The van der Waals surface area contributed by atoms with Crippen LogP contribution in [0.15, 0.2) is 36.4 Å². The molecule has 0 spiro atoms. The van der Waals surface area contributed by atoms with E-state index < -0.39 is 0 Å². The quantitative estimate of drug-likeness (QED) is 0.614. The Morgan fingerprint density at radius 3 is 2.74 bits per heavy atom. The van der Waals surface area contributed by atoms with Gasteiger partial charge in [0, 0.05) is 36.1 Å². The number of fused-ring (bicyclic) bond motifs is 3. The van der Waals surface area contributed by atoms with Gasteiger partial charge < -0.3 is 15.0 Å². The fourth-order valence-corrected chi connectivity index (χ4v) is 4.37. The lowest BCUT2D eigenvalue weighted by molar-refractivity contribution is 0.297. The van der Waals surface area contributed by atoms with Gasteiger partial charge in [-0.25, -0.2) is 0 Å². The molecular formula is C24H30N2O. The van der Waals surface area contributed by atoms with Crippen LogP contribution in [0.5, 0.6) is 5.75 Å². The second kappa shape index (κ2) is 7.77. The number of hydrogen-bond donors (Lipinski definition) is 2. The van der Waals surface area contributed by atoms with Crippen LogP contribution in [-0.4, -0.2) is 24.7 Å². The Bertz CT molecular complexity index is 941. The minimum atomic E-state index is 0.543. The van der Waals surface area contributed by atoms with E-state index in [1.54, 1.807) is 0 Å². The lowest BCUT2D eigenvalue weighted by atomic mass is 9.92. The van der Waals surface area contributed by atoms with Gasteiger partial charge in [-0.15, -0.1) is 0 Å². The highest BCUT2D eigenvalue weighted by Gasteiger charge is 2.22. The minimum Gasteiger partial charge on any atom is -0.493 e. The van der Waals surface area contributed by atoms with Gasteiger partial charge in [-0.1, -0.05) is 30.3 Å². The molecule has 0 saturated carbocycles. The Balaban J connectivity index is 1.46. The van der Waals surface area contributed by atoms with Gasteiger partial charge in [-0.2, -0.15) is 0 Å². The molecule has 0 radical (unpaired) electrons. The number of aromatic nitrogens is 1. The number of aromatic amines is 1. The molecule has 1 aromatic heterocycles. The van der Waals surface area contributed by atoms with E-state index >= 15 is 0 Å². The zero-order valence-corrected chi connectivity index (χ0v) is 16.7. The zero-order valence-electron chi connectivity index (χ0n) is 16.7. The summed E-state index contributed by atoms with van der Waals surface area (Å²) in [6.45, 7) is 9.32. The number of benzene rings is 2. The lowest BCUT2D eigenvalue weighted by Crippen LogP contribution is -2.20. The van der Waals surface area contributed by atoms with Crippen LogP contribution in [-0.2, 0) is 6.42 Å². The van der Waals surface area contributed by atoms with Crippen LogP contribution in [0.25, 0.3) is 10.9 Å². The second-order valence-electron chi connectivity index (χ2n) is 7.86. The van der Waals surface area contributed by atoms with Crippen molar-refractivity contribution in [2.45, 2.75) is 46.0 Å². The lowest BCUT2D eigenvalue weighted by Gasteiger charge is -2.18. The monoisotopic (exact) mass is 362 g/mol. The number of ether oxygens (including phenoxy) is 1. The first-order valence-electron chi connectivity index (χ1n) is 10.1. The summed E-state index contributed by atoms with van der Waals surface area (Å²) in [6, 6.07) is 13.1. The highest BCUT2D eigenvalue weighted by molar-refractivity contribution is 5.85. The Hall–Kier alpha value is -2.26. The SMILES string of the molecule is Cc1ccc(C)c(OCCCC2CNCCc3[nH]c4ccccc4c32)c1C. The van der Waals surface area contributed by atoms with Crippen molar-refractivity contribution in [2.24, 2.45) is 0 Å². The molecule has 0 aliphatic carbocycles. The van der Waals surface area contributed by atoms with Crippen molar-refractivity contribution in [1.29, 1.82) is 0 Å².